The minimum Gasteiger partial charge on any atom is -0.378 e. The van der Waals surface area contributed by atoms with Gasteiger partial charge in [0.15, 0.2) is 5.96 Å². The van der Waals surface area contributed by atoms with Crippen LogP contribution in [0.4, 0.5) is 13.2 Å². The summed E-state index contributed by atoms with van der Waals surface area (Å²) in [6, 6.07) is 4.73. The number of benzene rings is 1. The molecular formula is C17H26F3N3O3S. The van der Waals surface area contributed by atoms with E-state index >= 15 is 0 Å². The van der Waals surface area contributed by atoms with Crippen molar-refractivity contribution in [2.24, 2.45) is 4.99 Å². The molecule has 0 amide bonds. The predicted octanol–water partition coefficient (Wildman–Crippen LogP) is 2.38. The number of nitrogens with one attached hydrogen (secondary N) is 2. The molecule has 1 atom stereocenters. The summed E-state index contributed by atoms with van der Waals surface area (Å²) >= 11 is 0. The van der Waals surface area contributed by atoms with Crippen molar-refractivity contribution in [3.05, 3.63) is 35.4 Å². The van der Waals surface area contributed by atoms with Gasteiger partial charge in [-0.1, -0.05) is 12.1 Å². The van der Waals surface area contributed by atoms with Crippen LogP contribution in [-0.4, -0.2) is 52.7 Å². The van der Waals surface area contributed by atoms with Crippen LogP contribution in [0, 0.1) is 0 Å². The predicted molar refractivity (Wildman–Crippen MR) is 99.5 cm³/mol. The van der Waals surface area contributed by atoms with E-state index in [1.54, 1.807) is 13.0 Å². The second-order valence-corrected chi connectivity index (χ2v) is 8.25. The normalized spacial score (nSPS) is 14.1. The van der Waals surface area contributed by atoms with Crippen molar-refractivity contribution >= 4 is 15.8 Å². The van der Waals surface area contributed by atoms with E-state index in [1.165, 1.54) is 6.07 Å². The Hall–Kier alpha value is -1.81. The van der Waals surface area contributed by atoms with Crippen molar-refractivity contribution in [1.29, 1.82) is 0 Å². The third kappa shape index (κ3) is 9.62. The lowest BCUT2D eigenvalue weighted by atomic mass is 10.1. The minimum absolute atomic E-state index is 0.0540. The van der Waals surface area contributed by atoms with Crippen LogP contribution in [0.1, 0.15) is 31.0 Å². The number of halogens is 3. The number of hydrogen-bond donors (Lipinski definition) is 2. The standard InChI is InChI=1S/C17H26F3N3O3S/c1-4-21-16(22-8-9-26-10-11-27(3,24)25)23-13(2)14-6-5-7-15(12-14)17(18,19)20/h5-7,12-13H,4,8-11H2,1-3H3,(H2,21,22,23). The smallest absolute Gasteiger partial charge is 0.378 e. The van der Waals surface area contributed by atoms with Crippen molar-refractivity contribution in [2.45, 2.75) is 26.1 Å². The molecule has 1 aromatic rings. The van der Waals surface area contributed by atoms with Gasteiger partial charge >= 0.3 is 6.18 Å². The minimum atomic E-state index is -4.39. The molecule has 0 aromatic heterocycles. The summed E-state index contributed by atoms with van der Waals surface area (Å²) in [6.07, 6.45) is -3.26. The summed E-state index contributed by atoms with van der Waals surface area (Å²) in [5.74, 6) is 0.385. The van der Waals surface area contributed by atoms with Gasteiger partial charge in [-0.3, -0.25) is 4.99 Å². The fourth-order valence-corrected chi connectivity index (χ4v) is 2.55. The first kappa shape index (κ1) is 23.2. The summed E-state index contributed by atoms with van der Waals surface area (Å²) in [5, 5.41) is 6.06. The molecule has 0 aliphatic heterocycles. The molecule has 0 aliphatic carbocycles. The molecule has 0 saturated heterocycles. The monoisotopic (exact) mass is 409 g/mol. The maximum absolute atomic E-state index is 12.8. The van der Waals surface area contributed by atoms with Gasteiger partial charge in [0.05, 0.1) is 37.1 Å². The van der Waals surface area contributed by atoms with Gasteiger partial charge in [0.1, 0.15) is 9.84 Å². The Bertz CT molecular complexity index is 722. The molecule has 0 bridgehead atoms. The summed E-state index contributed by atoms with van der Waals surface area (Å²) in [5.41, 5.74) is -0.213. The van der Waals surface area contributed by atoms with Crippen LogP contribution in [0.2, 0.25) is 0 Å². The average molecular weight is 409 g/mol. The van der Waals surface area contributed by atoms with Crippen molar-refractivity contribution in [2.75, 3.05) is 38.3 Å². The number of rotatable bonds is 9. The molecule has 0 radical (unpaired) electrons. The van der Waals surface area contributed by atoms with Gasteiger partial charge < -0.3 is 15.4 Å². The van der Waals surface area contributed by atoms with Gasteiger partial charge in [-0.2, -0.15) is 13.2 Å². The van der Waals surface area contributed by atoms with Crippen LogP contribution in [0.25, 0.3) is 0 Å². The molecule has 1 rings (SSSR count). The van der Waals surface area contributed by atoms with Crippen LogP contribution < -0.4 is 10.6 Å². The number of guanidine groups is 1. The Morgan fingerprint density at radius 2 is 2.00 bits per heavy atom. The van der Waals surface area contributed by atoms with Crippen LogP contribution >= 0.6 is 0 Å². The van der Waals surface area contributed by atoms with E-state index in [2.05, 4.69) is 15.6 Å². The Balaban J connectivity index is 2.62. The molecule has 0 aliphatic rings. The Morgan fingerprint density at radius 3 is 2.59 bits per heavy atom. The van der Waals surface area contributed by atoms with Gasteiger partial charge in [-0.15, -0.1) is 0 Å². The van der Waals surface area contributed by atoms with Crippen LogP contribution in [-0.2, 0) is 20.8 Å². The molecule has 0 fully saturated rings. The van der Waals surface area contributed by atoms with E-state index in [9.17, 15) is 21.6 Å². The second-order valence-electron chi connectivity index (χ2n) is 5.99. The zero-order chi connectivity index (χ0) is 20.5. The largest absolute Gasteiger partial charge is 0.416 e. The summed E-state index contributed by atoms with van der Waals surface area (Å²) in [7, 11) is -3.06. The SMILES string of the molecule is CCNC(=NCCOCCS(C)(=O)=O)NC(C)c1cccc(C(F)(F)F)c1. The van der Waals surface area contributed by atoms with Crippen molar-refractivity contribution in [3.63, 3.8) is 0 Å². The molecule has 1 aromatic carbocycles. The third-order valence-electron chi connectivity index (χ3n) is 3.52. The number of aliphatic imine (C=N–C) groups is 1. The number of ether oxygens (including phenoxy) is 1. The zero-order valence-corrected chi connectivity index (χ0v) is 16.5. The molecule has 6 nitrogen and oxygen atoms in total. The van der Waals surface area contributed by atoms with E-state index in [0.717, 1.165) is 18.4 Å². The number of nitrogens with zero attached hydrogens (tertiary/aromatic N) is 1. The quantitative estimate of drug-likeness (QED) is 0.372. The van der Waals surface area contributed by atoms with Gasteiger partial charge in [-0.05, 0) is 31.5 Å². The number of hydrogen-bond acceptors (Lipinski definition) is 4. The first-order valence-electron chi connectivity index (χ1n) is 8.50. The summed E-state index contributed by atoms with van der Waals surface area (Å²) in [4.78, 5) is 4.28. The Morgan fingerprint density at radius 1 is 1.30 bits per heavy atom. The highest BCUT2D eigenvalue weighted by molar-refractivity contribution is 7.90. The first-order chi connectivity index (χ1) is 12.5. The van der Waals surface area contributed by atoms with Gasteiger partial charge in [0.2, 0.25) is 0 Å². The molecule has 0 heterocycles. The Kier molecular flexibility index (Phi) is 9.04. The van der Waals surface area contributed by atoms with Crippen LogP contribution in [0.15, 0.2) is 29.3 Å². The average Bonchev–Trinajstić information content (AvgIpc) is 2.56. The topological polar surface area (TPSA) is 79.8 Å². The molecule has 2 N–H and O–H groups in total. The maximum atomic E-state index is 12.8. The molecule has 154 valence electrons. The summed E-state index contributed by atoms with van der Waals surface area (Å²) < 4.78 is 65.8. The second kappa shape index (κ2) is 10.5. The lowest BCUT2D eigenvalue weighted by Crippen LogP contribution is -2.39. The van der Waals surface area contributed by atoms with Crippen LogP contribution in [0.3, 0.4) is 0 Å². The van der Waals surface area contributed by atoms with E-state index in [1.807, 2.05) is 6.92 Å². The highest BCUT2D eigenvalue weighted by Crippen LogP contribution is 2.30. The fourth-order valence-electron chi connectivity index (χ4n) is 2.13. The highest BCUT2D eigenvalue weighted by Gasteiger charge is 2.30. The third-order valence-corrected chi connectivity index (χ3v) is 4.42. The Labute approximate surface area is 158 Å². The molecule has 1 unspecified atom stereocenters. The van der Waals surface area contributed by atoms with Gasteiger partial charge in [0.25, 0.3) is 0 Å². The number of sulfone groups is 1. The summed E-state index contributed by atoms with van der Waals surface area (Å²) in [6.45, 7) is 4.81. The lowest BCUT2D eigenvalue weighted by molar-refractivity contribution is -0.137. The molecule has 0 spiro atoms. The van der Waals surface area contributed by atoms with Gasteiger partial charge in [0, 0.05) is 12.8 Å². The molecular weight excluding hydrogens is 383 g/mol. The molecule has 27 heavy (non-hydrogen) atoms. The van der Waals surface area contributed by atoms with Gasteiger partial charge in [-0.25, -0.2) is 8.42 Å². The molecule has 10 heteroatoms. The van der Waals surface area contributed by atoms with E-state index in [0.29, 0.717) is 18.1 Å². The maximum Gasteiger partial charge on any atom is 0.416 e. The van der Waals surface area contributed by atoms with Crippen LogP contribution in [0.5, 0.6) is 0 Å². The van der Waals surface area contributed by atoms with Crippen molar-refractivity contribution in [3.8, 4) is 0 Å². The zero-order valence-electron chi connectivity index (χ0n) is 15.6. The first-order valence-corrected chi connectivity index (χ1v) is 10.6. The number of alkyl halides is 3. The lowest BCUT2D eigenvalue weighted by Gasteiger charge is -2.19. The fraction of sp³-hybridized carbons (Fsp3) is 0.588. The van der Waals surface area contributed by atoms with Crippen molar-refractivity contribution in [1.82, 2.24) is 10.6 Å². The molecule has 0 saturated carbocycles. The van der Waals surface area contributed by atoms with E-state index in [4.69, 9.17) is 4.74 Å². The van der Waals surface area contributed by atoms with Crippen molar-refractivity contribution < 1.29 is 26.3 Å². The van der Waals surface area contributed by atoms with E-state index < -0.39 is 27.6 Å². The van der Waals surface area contributed by atoms with E-state index in [-0.39, 0.29) is 25.5 Å². The highest BCUT2D eigenvalue weighted by atomic mass is 32.2.